The van der Waals surface area contributed by atoms with Gasteiger partial charge in [-0.3, -0.25) is 4.79 Å². The van der Waals surface area contributed by atoms with Crippen molar-refractivity contribution in [3.8, 4) is 0 Å². The first-order valence-electron chi connectivity index (χ1n) is 7.82. The summed E-state index contributed by atoms with van der Waals surface area (Å²) in [6, 6.07) is 4.62. The normalized spacial score (nSPS) is 28.6. The van der Waals surface area contributed by atoms with Crippen LogP contribution in [0.2, 0.25) is 0 Å². The minimum Gasteiger partial charge on any atom is -0.349 e. The largest absolute Gasteiger partial charge is 0.416 e. The van der Waals surface area contributed by atoms with Crippen LogP contribution in [0.15, 0.2) is 24.3 Å². The molecule has 22 heavy (non-hydrogen) atoms. The number of hydrogen-bond donors (Lipinski definition) is 1. The number of hydrogen-bond acceptors (Lipinski definition) is 1. The maximum Gasteiger partial charge on any atom is 0.416 e. The molecule has 0 saturated heterocycles. The van der Waals surface area contributed by atoms with Gasteiger partial charge in [0.15, 0.2) is 0 Å². The molecule has 0 spiro atoms. The van der Waals surface area contributed by atoms with Crippen molar-refractivity contribution >= 4 is 5.91 Å². The lowest BCUT2D eigenvalue weighted by Crippen LogP contribution is -2.40. The Kier molecular flexibility index (Phi) is 3.91. The van der Waals surface area contributed by atoms with Crippen LogP contribution in [0.4, 0.5) is 13.2 Å². The van der Waals surface area contributed by atoms with Crippen molar-refractivity contribution in [1.82, 2.24) is 5.32 Å². The zero-order chi connectivity index (χ0) is 15.9. The second-order valence-corrected chi connectivity index (χ2v) is 6.68. The van der Waals surface area contributed by atoms with Crippen LogP contribution in [0.3, 0.4) is 0 Å². The van der Waals surface area contributed by atoms with Crippen LogP contribution in [0.5, 0.6) is 0 Å². The summed E-state index contributed by atoms with van der Waals surface area (Å²) in [6.07, 6.45) is 0.463. The molecule has 0 radical (unpaired) electrons. The van der Waals surface area contributed by atoms with Gasteiger partial charge in [0, 0.05) is 11.6 Å². The van der Waals surface area contributed by atoms with Gasteiger partial charge in [0.05, 0.1) is 5.56 Å². The Morgan fingerprint density at radius 3 is 2.64 bits per heavy atom. The Morgan fingerprint density at radius 2 is 2.05 bits per heavy atom. The molecule has 1 N–H and O–H groups in total. The van der Waals surface area contributed by atoms with E-state index in [0.717, 1.165) is 24.5 Å². The topological polar surface area (TPSA) is 29.1 Å². The fraction of sp³-hybridized carbons (Fsp3) is 0.588. The number of carbonyl (C=O) groups excluding carboxylic acids is 1. The maximum absolute atomic E-state index is 12.7. The Bertz CT molecular complexity index is 569. The van der Waals surface area contributed by atoms with E-state index in [4.69, 9.17) is 0 Å². The number of halogens is 3. The van der Waals surface area contributed by atoms with E-state index in [1.165, 1.54) is 31.4 Å². The van der Waals surface area contributed by atoms with Gasteiger partial charge in [0.1, 0.15) is 0 Å². The van der Waals surface area contributed by atoms with E-state index in [0.29, 0.717) is 11.8 Å². The van der Waals surface area contributed by atoms with Crippen LogP contribution in [0.25, 0.3) is 0 Å². The molecule has 3 rings (SSSR count). The molecule has 2 saturated carbocycles. The van der Waals surface area contributed by atoms with E-state index in [2.05, 4.69) is 5.32 Å². The molecule has 1 amide bonds. The average Bonchev–Trinajstić information content (AvgIpc) is 3.09. The maximum atomic E-state index is 12.7. The van der Waals surface area contributed by atoms with Gasteiger partial charge in [-0.2, -0.15) is 13.2 Å². The van der Waals surface area contributed by atoms with Crippen LogP contribution < -0.4 is 5.32 Å². The molecule has 1 aromatic carbocycles. The highest BCUT2D eigenvalue weighted by molar-refractivity contribution is 5.94. The Labute approximate surface area is 128 Å². The number of fused-ring (bicyclic) bond motifs is 2. The van der Waals surface area contributed by atoms with Gasteiger partial charge in [0.25, 0.3) is 5.91 Å². The summed E-state index contributed by atoms with van der Waals surface area (Å²) in [5.74, 6) is 1.50. The van der Waals surface area contributed by atoms with E-state index in [-0.39, 0.29) is 11.6 Å². The summed E-state index contributed by atoms with van der Waals surface area (Å²) in [5.41, 5.74) is -0.711. The second kappa shape index (κ2) is 5.60. The van der Waals surface area contributed by atoms with Gasteiger partial charge in [-0.25, -0.2) is 0 Å². The van der Waals surface area contributed by atoms with Crippen LogP contribution in [-0.2, 0) is 6.18 Å². The second-order valence-electron chi connectivity index (χ2n) is 6.68. The molecule has 0 aromatic heterocycles. The van der Waals surface area contributed by atoms with Gasteiger partial charge >= 0.3 is 6.18 Å². The van der Waals surface area contributed by atoms with Gasteiger partial charge < -0.3 is 5.32 Å². The molecule has 4 atom stereocenters. The number of rotatable bonds is 3. The number of benzene rings is 1. The van der Waals surface area contributed by atoms with Crippen molar-refractivity contribution in [3.63, 3.8) is 0 Å². The summed E-state index contributed by atoms with van der Waals surface area (Å²) >= 11 is 0. The SMILES string of the molecule is C[C@@H](NC(=O)c1cccc(C(F)(F)F)c1)[C@@H]1C[C@H]2CC[C@H]1C2. The van der Waals surface area contributed by atoms with Crippen molar-refractivity contribution in [2.75, 3.05) is 0 Å². The predicted octanol–water partition coefficient (Wildman–Crippen LogP) is 4.26. The quantitative estimate of drug-likeness (QED) is 0.888. The number of carbonyl (C=O) groups is 1. The van der Waals surface area contributed by atoms with Crippen LogP contribution in [-0.4, -0.2) is 11.9 Å². The monoisotopic (exact) mass is 311 g/mol. The fourth-order valence-corrected chi connectivity index (χ4v) is 4.14. The summed E-state index contributed by atoms with van der Waals surface area (Å²) in [4.78, 5) is 12.2. The van der Waals surface area contributed by atoms with E-state index in [1.54, 1.807) is 0 Å². The van der Waals surface area contributed by atoms with Crippen molar-refractivity contribution in [3.05, 3.63) is 35.4 Å². The molecular weight excluding hydrogens is 291 g/mol. The lowest BCUT2D eigenvalue weighted by atomic mass is 9.84. The number of nitrogens with one attached hydrogen (secondary N) is 1. The van der Waals surface area contributed by atoms with Crippen LogP contribution in [0, 0.1) is 17.8 Å². The van der Waals surface area contributed by atoms with Crippen molar-refractivity contribution in [2.24, 2.45) is 17.8 Å². The molecule has 2 bridgehead atoms. The first kappa shape index (κ1) is 15.4. The first-order chi connectivity index (χ1) is 10.3. The summed E-state index contributed by atoms with van der Waals surface area (Å²) in [5, 5.41) is 2.90. The molecular formula is C17H20F3NO. The van der Waals surface area contributed by atoms with E-state index >= 15 is 0 Å². The van der Waals surface area contributed by atoms with Crippen molar-refractivity contribution in [2.45, 2.75) is 44.8 Å². The standard InChI is InChI=1S/C17H20F3NO/c1-10(15-8-11-5-6-12(15)7-11)21-16(22)13-3-2-4-14(9-13)17(18,19)20/h2-4,9-12,15H,5-8H2,1H3,(H,21,22)/t10-,11+,12+,15+/m1/s1. The molecule has 2 aliphatic rings. The van der Waals surface area contributed by atoms with Crippen molar-refractivity contribution in [1.29, 1.82) is 0 Å². The van der Waals surface area contributed by atoms with E-state index in [1.807, 2.05) is 6.92 Å². The molecule has 2 aliphatic carbocycles. The average molecular weight is 311 g/mol. The zero-order valence-corrected chi connectivity index (χ0v) is 12.5. The van der Waals surface area contributed by atoms with Crippen LogP contribution in [0.1, 0.15) is 48.5 Å². The fourth-order valence-electron chi connectivity index (χ4n) is 4.14. The molecule has 0 aliphatic heterocycles. The molecule has 2 nitrogen and oxygen atoms in total. The lowest BCUT2D eigenvalue weighted by Gasteiger charge is -2.28. The zero-order valence-electron chi connectivity index (χ0n) is 12.5. The number of alkyl halides is 3. The predicted molar refractivity (Wildman–Crippen MR) is 77.3 cm³/mol. The third-order valence-electron chi connectivity index (χ3n) is 5.25. The summed E-state index contributed by atoms with van der Waals surface area (Å²) < 4.78 is 38.1. The van der Waals surface area contributed by atoms with Gasteiger partial charge in [-0.1, -0.05) is 12.5 Å². The van der Waals surface area contributed by atoms with Gasteiger partial charge in [-0.15, -0.1) is 0 Å². The third kappa shape index (κ3) is 2.99. The minimum atomic E-state index is -4.42. The third-order valence-corrected chi connectivity index (χ3v) is 5.25. The van der Waals surface area contributed by atoms with Crippen LogP contribution >= 0.6 is 0 Å². The van der Waals surface area contributed by atoms with E-state index < -0.39 is 17.6 Å². The molecule has 5 heteroatoms. The highest BCUT2D eigenvalue weighted by Gasteiger charge is 2.42. The first-order valence-corrected chi connectivity index (χ1v) is 7.82. The van der Waals surface area contributed by atoms with Gasteiger partial charge in [-0.05, 0) is 62.1 Å². The molecule has 0 unspecified atom stereocenters. The molecule has 120 valence electrons. The molecule has 0 heterocycles. The summed E-state index contributed by atoms with van der Waals surface area (Å²) in [7, 11) is 0. The molecule has 2 fully saturated rings. The highest BCUT2D eigenvalue weighted by Crippen LogP contribution is 2.49. The summed E-state index contributed by atoms with van der Waals surface area (Å²) in [6.45, 7) is 1.97. The number of amides is 1. The smallest absolute Gasteiger partial charge is 0.349 e. The Hall–Kier alpha value is -1.52. The van der Waals surface area contributed by atoms with E-state index in [9.17, 15) is 18.0 Å². The highest BCUT2D eigenvalue weighted by atomic mass is 19.4. The lowest BCUT2D eigenvalue weighted by molar-refractivity contribution is -0.137. The Morgan fingerprint density at radius 1 is 1.27 bits per heavy atom. The molecule has 1 aromatic rings. The van der Waals surface area contributed by atoms with Crippen molar-refractivity contribution < 1.29 is 18.0 Å². The van der Waals surface area contributed by atoms with Gasteiger partial charge in [0.2, 0.25) is 0 Å². The minimum absolute atomic E-state index is 0.0114. The Balaban J connectivity index is 1.67.